The van der Waals surface area contributed by atoms with Gasteiger partial charge in [-0.25, -0.2) is 4.68 Å². The minimum atomic E-state index is 0.681. The highest BCUT2D eigenvalue weighted by atomic mass is 32.2. The number of hydrogen-bond acceptors (Lipinski definition) is 5. The van der Waals surface area contributed by atoms with E-state index in [0.717, 1.165) is 12.3 Å². The highest BCUT2D eigenvalue weighted by Crippen LogP contribution is 2.19. The summed E-state index contributed by atoms with van der Waals surface area (Å²) >= 11 is 1.67. The first-order valence-electron chi connectivity index (χ1n) is 4.94. The van der Waals surface area contributed by atoms with E-state index in [1.54, 1.807) is 22.8 Å². The van der Waals surface area contributed by atoms with E-state index < -0.39 is 0 Å². The largest absolute Gasteiger partial charge is 0.371 e. The molecule has 5 nitrogen and oxygen atoms in total. The van der Waals surface area contributed by atoms with Gasteiger partial charge in [0, 0.05) is 11.5 Å². The van der Waals surface area contributed by atoms with E-state index in [2.05, 4.69) is 15.5 Å². The van der Waals surface area contributed by atoms with E-state index in [-0.39, 0.29) is 0 Å². The molecule has 2 aromatic rings. The summed E-state index contributed by atoms with van der Waals surface area (Å²) in [6.45, 7) is 2.73. The van der Waals surface area contributed by atoms with Crippen LogP contribution in [-0.2, 0) is 4.74 Å². The number of ether oxygens (including phenoxy) is 1. The Morgan fingerprint density at radius 3 is 2.75 bits per heavy atom. The third-order valence-electron chi connectivity index (χ3n) is 1.96. The van der Waals surface area contributed by atoms with Gasteiger partial charge in [0.05, 0.1) is 11.6 Å². The summed E-state index contributed by atoms with van der Waals surface area (Å²) in [5.41, 5.74) is 0.950. The fourth-order valence-corrected chi connectivity index (χ4v) is 1.88. The van der Waals surface area contributed by atoms with Crippen LogP contribution in [0.15, 0.2) is 35.5 Å². The van der Waals surface area contributed by atoms with E-state index in [1.165, 1.54) is 4.90 Å². The normalized spacial score (nSPS) is 10.6. The second-order valence-corrected chi connectivity index (χ2v) is 4.00. The number of hydrogen-bond donors (Lipinski definition) is 0. The molecule has 84 valence electrons. The lowest BCUT2D eigenvalue weighted by Gasteiger charge is -2.03. The van der Waals surface area contributed by atoms with E-state index in [4.69, 9.17) is 4.74 Å². The Morgan fingerprint density at radius 2 is 2.12 bits per heavy atom. The second kappa shape index (κ2) is 5.62. The Morgan fingerprint density at radius 1 is 1.31 bits per heavy atom. The molecule has 0 radical (unpaired) electrons. The molecule has 0 aliphatic rings. The lowest BCUT2D eigenvalue weighted by molar-refractivity contribution is 0.199. The van der Waals surface area contributed by atoms with Crippen LogP contribution in [-0.4, -0.2) is 32.8 Å². The van der Waals surface area contributed by atoms with Crippen LogP contribution in [0, 0.1) is 0 Å². The quantitative estimate of drug-likeness (QED) is 0.449. The molecule has 0 saturated carbocycles. The van der Waals surface area contributed by atoms with E-state index in [9.17, 15) is 0 Å². The summed E-state index contributed by atoms with van der Waals surface area (Å²) in [5, 5.41) is 11.0. The van der Waals surface area contributed by atoms with Crippen LogP contribution in [0.25, 0.3) is 5.69 Å². The van der Waals surface area contributed by atoms with Crippen LogP contribution >= 0.6 is 11.8 Å². The molecule has 0 aliphatic heterocycles. The van der Waals surface area contributed by atoms with Crippen molar-refractivity contribution in [3.63, 3.8) is 0 Å². The Balaban J connectivity index is 2.00. The SMILES string of the molecule is CCOCSc1ccc(-n2cnnn2)cc1. The summed E-state index contributed by atoms with van der Waals surface area (Å²) in [5.74, 6) is 0.681. The first kappa shape index (κ1) is 11.1. The standard InChI is InChI=1S/C10H12N4OS/c1-2-15-8-16-10-5-3-9(4-6-10)14-7-11-12-13-14/h3-7H,2,8H2,1H3. The fourth-order valence-electron chi connectivity index (χ4n) is 1.17. The highest BCUT2D eigenvalue weighted by molar-refractivity contribution is 7.99. The second-order valence-electron chi connectivity index (χ2n) is 3.00. The molecule has 1 heterocycles. The van der Waals surface area contributed by atoms with Gasteiger partial charge in [-0.05, 0) is 41.6 Å². The minimum absolute atomic E-state index is 0.681. The van der Waals surface area contributed by atoms with Crippen LogP contribution < -0.4 is 0 Å². The maximum atomic E-state index is 5.27. The predicted octanol–water partition coefficient (Wildman–Crippen LogP) is 1.75. The molecular weight excluding hydrogens is 224 g/mol. The molecule has 0 unspecified atom stereocenters. The van der Waals surface area contributed by atoms with Crippen LogP contribution in [0.4, 0.5) is 0 Å². The maximum Gasteiger partial charge on any atom is 0.143 e. The Kier molecular flexibility index (Phi) is 3.90. The number of thioether (sulfide) groups is 1. The Bertz CT molecular complexity index is 415. The molecule has 6 heteroatoms. The zero-order valence-corrected chi connectivity index (χ0v) is 9.72. The van der Waals surface area contributed by atoms with Gasteiger partial charge in [-0.1, -0.05) is 11.8 Å². The average Bonchev–Trinajstić information content (AvgIpc) is 2.84. The molecule has 2 rings (SSSR count). The van der Waals surface area contributed by atoms with Gasteiger partial charge in [0.25, 0.3) is 0 Å². The Hall–Kier alpha value is -1.40. The number of benzene rings is 1. The van der Waals surface area contributed by atoms with Crippen molar-refractivity contribution >= 4 is 11.8 Å². The van der Waals surface area contributed by atoms with Crippen molar-refractivity contribution in [2.45, 2.75) is 11.8 Å². The van der Waals surface area contributed by atoms with Gasteiger partial charge < -0.3 is 4.74 Å². The van der Waals surface area contributed by atoms with Crippen LogP contribution in [0.1, 0.15) is 6.92 Å². The van der Waals surface area contributed by atoms with Gasteiger partial charge >= 0.3 is 0 Å². The fraction of sp³-hybridized carbons (Fsp3) is 0.300. The molecular formula is C10H12N4OS. The van der Waals surface area contributed by atoms with Gasteiger partial charge in [-0.2, -0.15) is 0 Å². The van der Waals surface area contributed by atoms with Gasteiger partial charge in [0.2, 0.25) is 0 Å². The van der Waals surface area contributed by atoms with E-state index in [0.29, 0.717) is 5.94 Å². The van der Waals surface area contributed by atoms with Gasteiger partial charge in [0.1, 0.15) is 6.33 Å². The lowest BCUT2D eigenvalue weighted by atomic mass is 10.3. The Labute approximate surface area is 97.8 Å². The number of tetrazole rings is 1. The number of aromatic nitrogens is 4. The molecule has 0 amide bonds. The van der Waals surface area contributed by atoms with E-state index in [1.807, 2.05) is 31.2 Å². The minimum Gasteiger partial charge on any atom is -0.371 e. The zero-order chi connectivity index (χ0) is 11.2. The zero-order valence-electron chi connectivity index (χ0n) is 8.91. The molecule has 0 spiro atoms. The first-order valence-corrected chi connectivity index (χ1v) is 5.92. The number of rotatable bonds is 5. The summed E-state index contributed by atoms with van der Waals surface area (Å²) in [7, 11) is 0. The van der Waals surface area contributed by atoms with Gasteiger partial charge in [0.15, 0.2) is 0 Å². The molecule has 0 bridgehead atoms. The predicted molar refractivity (Wildman–Crippen MR) is 61.5 cm³/mol. The first-order chi connectivity index (χ1) is 7.90. The van der Waals surface area contributed by atoms with Crippen molar-refractivity contribution < 1.29 is 4.74 Å². The third kappa shape index (κ3) is 2.80. The summed E-state index contributed by atoms with van der Waals surface area (Å²) < 4.78 is 6.89. The molecule has 1 aromatic heterocycles. The molecule has 16 heavy (non-hydrogen) atoms. The van der Waals surface area contributed by atoms with Gasteiger partial charge in [-0.15, -0.1) is 5.10 Å². The summed E-state index contributed by atoms with van der Waals surface area (Å²) in [6.07, 6.45) is 1.57. The van der Waals surface area contributed by atoms with Crippen molar-refractivity contribution in [3.8, 4) is 5.69 Å². The summed E-state index contributed by atoms with van der Waals surface area (Å²) in [6, 6.07) is 8.01. The van der Waals surface area contributed by atoms with Crippen molar-refractivity contribution in [1.29, 1.82) is 0 Å². The van der Waals surface area contributed by atoms with Crippen molar-refractivity contribution in [2.24, 2.45) is 0 Å². The maximum absolute atomic E-state index is 5.27. The van der Waals surface area contributed by atoms with Crippen molar-refractivity contribution in [3.05, 3.63) is 30.6 Å². The summed E-state index contributed by atoms with van der Waals surface area (Å²) in [4.78, 5) is 1.17. The topological polar surface area (TPSA) is 52.8 Å². The lowest BCUT2D eigenvalue weighted by Crippen LogP contribution is -1.94. The molecule has 0 aliphatic carbocycles. The third-order valence-corrected chi connectivity index (χ3v) is 2.85. The van der Waals surface area contributed by atoms with Crippen LogP contribution in [0.5, 0.6) is 0 Å². The van der Waals surface area contributed by atoms with Crippen molar-refractivity contribution in [1.82, 2.24) is 20.2 Å². The number of nitrogens with zero attached hydrogens (tertiary/aromatic N) is 4. The van der Waals surface area contributed by atoms with E-state index >= 15 is 0 Å². The molecule has 1 aromatic carbocycles. The van der Waals surface area contributed by atoms with Gasteiger partial charge in [-0.3, -0.25) is 0 Å². The average molecular weight is 236 g/mol. The highest BCUT2D eigenvalue weighted by Gasteiger charge is 1.98. The van der Waals surface area contributed by atoms with Crippen molar-refractivity contribution in [2.75, 3.05) is 12.5 Å². The van der Waals surface area contributed by atoms with Crippen LogP contribution in [0.3, 0.4) is 0 Å². The molecule has 0 fully saturated rings. The van der Waals surface area contributed by atoms with Crippen LogP contribution in [0.2, 0.25) is 0 Å². The molecule has 0 N–H and O–H groups in total. The smallest absolute Gasteiger partial charge is 0.143 e. The molecule has 0 saturated heterocycles. The monoisotopic (exact) mass is 236 g/mol. The molecule has 0 atom stereocenters.